The summed E-state index contributed by atoms with van der Waals surface area (Å²) in [6.45, 7) is -0.655. The molecule has 1 N–H and O–H groups in total. The molecule has 37 heavy (non-hydrogen) atoms. The van der Waals surface area contributed by atoms with Crippen molar-refractivity contribution in [2.75, 3.05) is 33.3 Å². The standard InChI is InChI=1S/C28H25NO8/c1-34-24-12-8-7-11-19(24)15-22(18-9-5-4-6-10-18)28(33)37-17-25(30)29-23-16-20(26(31)35-2)13-14-21(23)27(32)36-3/h4-16H,17H2,1-3H3,(H,29,30). The smallest absolute Gasteiger partial charge is 0.339 e. The van der Waals surface area contributed by atoms with Crippen molar-refractivity contribution in [1.82, 2.24) is 0 Å². The first kappa shape index (κ1) is 26.7. The number of hydrogen-bond donors (Lipinski definition) is 1. The number of amides is 1. The Morgan fingerprint density at radius 1 is 0.784 bits per heavy atom. The highest BCUT2D eigenvalue weighted by Crippen LogP contribution is 2.26. The Morgan fingerprint density at radius 2 is 1.46 bits per heavy atom. The monoisotopic (exact) mass is 503 g/mol. The number of para-hydroxylation sites is 1. The highest BCUT2D eigenvalue weighted by molar-refractivity contribution is 6.22. The minimum atomic E-state index is -0.747. The van der Waals surface area contributed by atoms with E-state index in [-0.39, 0.29) is 22.4 Å². The molecule has 0 aliphatic heterocycles. The van der Waals surface area contributed by atoms with Gasteiger partial charge < -0.3 is 24.3 Å². The van der Waals surface area contributed by atoms with Crippen LogP contribution in [0.4, 0.5) is 5.69 Å². The minimum absolute atomic E-state index is 0.00338. The van der Waals surface area contributed by atoms with Crippen LogP contribution in [0.2, 0.25) is 0 Å². The molecule has 0 atom stereocenters. The van der Waals surface area contributed by atoms with Crippen LogP contribution < -0.4 is 10.1 Å². The van der Waals surface area contributed by atoms with E-state index in [1.165, 1.54) is 39.5 Å². The summed E-state index contributed by atoms with van der Waals surface area (Å²) in [6, 6.07) is 19.9. The Labute approximate surface area is 213 Å². The molecule has 0 aliphatic carbocycles. The molecule has 0 aliphatic rings. The molecule has 3 aromatic rings. The number of methoxy groups -OCH3 is 3. The molecule has 0 aromatic heterocycles. The van der Waals surface area contributed by atoms with Gasteiger partial charge in [-0.05, 0) is 35.9 Å². The van der Waals surface area contributed by atoms with Gasteiger partial charge in [-0.2, -0.15) is 0 Å². The Kier molecular flexibility index (Phi) is 9.15. The van der Waals surface area contributed by atoms with Crippen LogP contribution in [0.15, 0.2) is 72.8 Å². The van der Waals surface area contributed by atoms with E-state index in [0.717, 1.165) is 0 Å². The van der Waals surface area contributed by atoms with Gasteiger partial charge in [-0.1, -0.05) is 48.5 Å². The summed E-state index contributed by atoms with van der Waals surface area (Å²) in [4.78, 5) is 49.7. The minimum Gasteiger partial charge on any atom is -0.496 e. The summed E-state index contributed by atoms with van der Waals surface area (Å²) >= 11 is 0. The third-order valence-electron chi connectivity index (χ3n) is 5.20. The zero-order valence-electron chi connectivity index (χ0n) is 20.5. The molecular formula is C28H25NO8. The van der Waals surface area contributed by atoms with E-state index in [0.29, 0.717) is 16.9 Å². The lowest BCUT2D eigenvalue weighted by molar-refractivity contribution is -0.141. The van der Waals surface area contributed by atoms with Crippen molar-refractivity contribution in [2.24, 2.45) is 0 Å². The van der Waals surface area contributed by atoms with E-state index in [4.69, 9.17) is 14.2 Å². The normalized spacial score (nSPS) is 10.7. The average Bonchev–Trinajstić information content (AvgIpc) is 2.94. The lowest BCUT2D eigenvalue weighted by Crippen LogP contribution is -2.23. The molecule has 0 heterocycles. The lowest BCUT2D eigenvalue weighted by atomic mass is 10.0. The summed E-state index contributed by atoms with van der Waals surface area (Å²) in [5, 5.41) is 2.48. The topological polar surface area (TPSA) is 117 Å². The fraction of sp³-hybridized carbons (Fsp3) is 0.143. The quantitative estimate of drug-likeness (QED) is 0.202. The molecule has 0 bridgehead atoms. The van der Waals surface area contributed by atoms with Crippen molar-refractivity contribution in [1.29, 1.82) is 0 Å². The number of nitrogens with one attached hydrogen (secondary N) is 1. The maximum absolute atomic E-state index is 13.1. The zero-order valence-corrected chi connectivity index (χ0v) is 20.5. The summed E-state index contributed by atoms with van der Waals surface area (Å²) in [5.74, 6) is -2.31. The van der Waals surface area contributed by atoms with Crippen LogP contribution in [0, 0.1) is 0 Å². The van der Waals surface area contributed by atoms with E-state index >= 15 is 0 Å². The number of anilines is 1. The molecule has 9 nitrogen and oxygen atoms in total. The van der Waals surface area contributed by atoms with Crippen LogP contribution in [0.5, 0.6) is 5.75 Å². The summed E-state index contributed by atoms with van der Waals surface area (Å²) < 4.78 is 20.1. The lowest BCUT2D eigenvalue weighted by Gasteiger charge is -2.13. The first-order valence-electron chi connectivity index (χ1n) is 11.1. The highest BCUT2D eigenvalue weighted by atomic mass is 16.5. The number of benzene rings is 3. The Balaban J connectivity index is 1.82. The molecule has 0 spiro atoms. The predicted molar refractivity (Wildman–Crippen MR) is 136 cm³/mol. The number of carbonyl (C=O) groups is 4. The average molecular weight is 504 g/mol. The third kappa shape index (κ3) is 6.82. The molecule has 9 heteroatoms. The first-order valence-corrected chi connectivity index (χ1v) is 11.1. The molecule has 190 valence electrons. The van der Waals surface area contributed by atoms with E-state index in [9.17, 15) is 19.2 Å². The molecule has 0 saturated heterocycles. The van der Waals surface area contributed by atoms with Gasteiger partial charge in [0, 0.05) is 5.56 Å². The van der Waals surface area contributed by atoms with Gasteiger partial charge in [-0.15, -0.1) is 0 Å². The summed E-state index contributed by atoms with van der Waals surface area (Å²) in [7, 11) is 3.91. The molecule has 1 amide bonds. The number of rotatable bonds is 9. The van der Waals surface area contributed by atoms with Crippen molar-refractivity contribution < 1.29 is 38.1 Å². The van der Waals surface area contributed by atoms with Crippen LogP contribution in [0.25, 0.3) is 11.6 Å². The van der Waals surface area contributed by atoms with Crippen molar-refractivity contribution in [2.45, 2.75) is 0 Å². The van der Waals surface area contributed by atoms with E-state index in [1.54, 1.807) is 54.6 Å². The highest BCUT2D eigenvalue weighted by Gasteiger charge is 2.20. The first-order chi connectivity index (χ1) is 17.9. The van der Waals surface area contributed by atoms with Gasteiger partial charge in [-0.25, -0.2) is 14.4 Å². The van der Waals surface area contributed by atoms with Gasteiger partial charge in [0.2, 0.25) is 0 Å². The molecule has 0 fully saturated rings. The number of carbonyl (C=O) groups excluding carboxylic acids is 4. The molecule has 0 saturated carbocycles. The van der Waals surface area contributed by atoms with Crippen molar-refractivity contribution in [3.8, 4) is 5.75 Å². The van der Waals surface area contributed by atoms with Gasteiger partial charge in [0.05, 0.1) is 43.7 Å². The Hall–Kier alpha value is -4.92. The molecular weight excluding hydrogens is 478 g/mol. The molecule has 3 rings (SSSR count). The number of ether oxygens (including phenoxy) is 4. The predicted octanol–water partition coefficient (Wildman–Crippen LogP) is 3.99. The SMILES string of the molecule is COC(=O)c1ccc(C(=O)OC)c(NC(=O)COC(=O)C(=Cc2ccccc2OC)c2ccccc2)c1. The third-order valence-corrected chi connectivity index (χ3v) is 5.20. The van der Waals surface area contributed by atoms with Gasteiger partial charge in [0.25, 0.3) is 5.91 Å². The number of esters is 3. The zero-order chi connectivity index (χ0) is 26.8. The maximum Gasteiger partial charge on any atom is 0.339 e. The maximum atomic E-state index is 13.1. The van der Waals surface area contributed by atoms with E-state index in [1.807, 2.05) is 6.07 Å². The van der Waals surface area contributed by atoms with Crippen LogP contribution in [-0.4, -0.2) is 51.8 Å². The van der Waals surface area contributed by atoms with Gasteiger partial charge in [0.1, 0.15) is 5.75 Å². The molecule has 0 radical (unpaired) electrons. The van der Waals surface area contributed by atoms with Crippen LogP contribution in [0.1, 0.15) is 31.8 Å². The van der Waals surface area contributed by atoms with Gasteiger partial charge >= 0.3 is 17.9 Å². The number of hydrogen-bond acceptors (Lipinski definition) is 8. The van der Waals surface area contributed by atoms with Crippen LogP contribution >= 0.6 is 0 Å². The van der Waals surface area contributed by atoms with Crippen molar-refractivity contribution in [3.05, 3.63) is 95.1 Å². The van der Waals surface area contributed by atoms with E-state index in [2.05, 4.69) is 10.1 Å². The van der Waals surface area contributed by atoms with Gasteiger partial charge in [0.15, 0.2) is 6.61 Å². The second kappa shape index (κ2) is 12.7. The molecule has 0 unspecified atom stereocenters. The van der Waals surface area contributed by atoms with Crippen molar-refractivity contribution >= 4 is 41.2 Å². The largest absolute Gasteiger partial charge is 0.496 e. The fourth-order valence-electron chi connectivity index (χ4n) is 3.39. The van der Waals surface area contributed by atoms with Crippen LogP contribution in [0.3, 0.4) is 0 Å². The summed E-state index contributed by atoms with van der Waals surface area (Å²) in [5.41, 5.74) is 1.55. The van der Waals surface area contributed by atoms with Gasteiger partial charge in [-0.3, -0.25) is 4.79 Å². The second-order valence-electron chi connectivity index (χ2n) is 7.53. The molecule has 3 aromatic carbocycles. The fourth-order valence-corrected chi connectivity index (χ4v) is 3.39. The Bertz CT molecular complexity index is 1330. The Morgan fingerprint density at radius 3 is 2.14 bits per heavy atom. The van der Waals surface area contributed by atoms with Crippen LogP contribution in [-0.2, 0) is 23.8 Å². The van der Waals surface area contributed by atoms with Crippen molar-refractivity contribution in [3.63, 3.8) is 0 Å². The summed E-state index contributed by atoms with van der Waals surface area (Å²) in [6.07, 6.45) is 1.61. The second-order valence-corrected chi connectivity index (χ2v) is 7.53. The van der Waals surface area contributed by atoms with E-state index < -0.39 is 30.4 Å².